The number of halogens is 1. The summed E-state index contributed by atoms with van der Waals surface area (Å²) in [6, 6.07) is 9.11. The number of hydrogen-bond donors (Lipinski definition) is 1. The van der Waals surface area contributed by atoms with Gasteiger partial charge in [-0.3, -0.25) is 4.79 Å². The Labute approximate surface area is 150 Å². The van der Waals surface area contributed by atoms with E-state index in [0.29, 0.717) is 22.8 Å². The van der Waals surface area contributed by atoms with Crippen molar-refractivity contribution < 1.29 is 28.1 Å². The van der Waals surface area contributed by atoms with E-state index in [9.17, 15) is 9.18 Å². The number of nitrogens with one attached hydrogen (secondary N) is 1. The lowest BCUT2D eigenvalue weighted by molar-refractivity contribution is -0.123. The van der Waals surface area contributed by atoms with E-state index in [2.05, 4.69) is 10.5 Å². The van der Waals surface area contributed by atoms with Crippen LogP contribution in [-0.2, 0) is 4.79 Å². The Bertz CT molecular complexity index is 795. The second-order valence-electron chi connectivity index (χ2n) is 4.96. The van der Waals surface area contributed by atoms with Crippen molar-refractivity contribution in [2.24, 2.45) is 5.10 Å². The first kappa shape index (κ1) is 19.0. The van der Waals surface area contributed by atoms with Gasteiger partial charge < -0.3 is 18.9 Å². The number of rotatable bonds is 8. The lowest BCUT2D eigenvalue weighted by Crippen LogP contribution is -2.24. The molecule has 0 fully saturated rings. The summed E-state index contributed by atoms with van der Waals surface area (Å²) in [4.78, 5) is 11.7. The third kappa shape index (κ3) is 4.85. The molecule has 0 aliphatic heterocycles. The molecule has 0 aromatic heterocycles. The Balaban J connectivity index is 1.99. The van der Waals surface area contributed by atoms with Crippen molar-refractivity contribution >= 4 is 12.1 Å². The average molecular weight is 362 g/mol. The highest BCUT2D eigenvalue weighted by Gasteiger charge is 2.11. The van der Waals surface area contributed by atoms with Crippen LogP contribution in [0.25, 0.3) is 0 Å². The van der Waals surface area contributed by atoms with Crippen LogP contribution in [0.4, 0.5) is 4.39 Å². The van der Waals surface area contributed by atoms with Gasteiger partial charge in [-0.2, -0.15) is 5.10 Å². The number of ether oxygens (including phenoxy) is 4. The molecule has 26 heavy (non-hydrogen) atoms. The molecule has 0 radical (unpaired) electrons. The molecule has 0 aliphatic rings. The van der Waals surface area contributed by atoms with Crippen molar-refractivity contribution in [3.63, 3.8) is 0 Å². The normalized spacial score (nSPS) is 10.5. The van der Waals surface area contributed by atoms with Gasteiger partial charge in [0.15, 0.2) is 29.7 Å². The fraction of sp³-hybridized carbons (Fsp3) is 0.222. The van der Waals surface area contributed by atoms with Gasteiger partial charge in [0.05, 0.1) is 27.5 Å². The monoisotopic (exact) mass is 362 g/mol. The maximum absolute atomic E-state index is 13.4. The zero-order valence-corrected chi connectivity index (χ0v) is 14.6. The van der Waals surface area contributed by atoms with E-state index in [4.69, 9.17) is 18.9 Å². The summed E-state index contributed by atoms with van der Waals surface area (Å²) >= 11 is 0. The first-order valence-electron chi connectivity index (χ1n) is 7.58. The maximum atomic E-state index is 13.4. The predicted molar refractivity (Wildman–Crippen MR) is 93.7 cm³/mol. The van der Waals surface area contributed by atoms with Gasteiger partial charge in [-0.15, -0.1) is 0 Å². The standard InChI is InChI=1S/C18H19FN2O5/c1-23-15-9-17(25-3)16(24-2)8-12(15)10-20-21-18(22)11-26-14-7-5-4-6-13(14)19/h4-10H,11H2,1-3H3,(H,21,22)/b20-10-. The van der Waals surface area contributed by atoms with E-state index < -0.39 is 11.7 Å². The molecule has 0 bridgehead atoms. The SMILES string of the molecule is COc1cc(OC)c(OC)cc1/C=N\NC(=O)COc1ccccc1F. The van der Waals surface area contributed by atoms with Crippen LogP contribution in [-0.4, -0.2) is 40.1 Å². The average Bonchev–Trinajstić information content (AvgIpc) is 2.66. The highest BCUT2D eigenvalue weighted by atomic mass is 19.1. The Morgan fingerprint density at radius 3 is 2.35 bits per heavy atom. The minimum Gasteiger partial charge on any atom is -0.496 e. The van der Waals surface area contributed by atoms with Gasteiger partial charge >= 0.3 is 0 Å². The first-order valence-corrected chi connectivity index (χ1v) is 7.58. The quantitative estimate of drug-likeness (QED) is 0.576. The highest BCUT2D eigenvalue weighted by Crippen LogP contribution is 2.33. The van der Waals surface area contributed by atoms with Crippen molar-refractivity contribution in [2.75, 3.05) is 27.9 Å². The molecule has 7 nitrogen and oxygen atoms in total. The topological polar surface area (TPSA) is 78.4 Å². The summed E-state index contributed by atoms with van der Waals surface area (Å²) in [5, 5.41) is 3.84. The number of methoxy groups -OCH3 is 3. The number of para-hydroxylation sites is 1. The molecule has 1 N–H and O–H groups in total. The molecule has 0 saturated heterocycles. The van der Waals surface area contributed by atoms with Crippen LogP contribution in [0.2, 0.25) is 0 Å². The largest absolute Gasteiger partial charge is 0.496 e. The summed E-state index contributed by atoms with van der Waals surface area (Å²) in [5.74, 6) is 0.395. The molecule has 2 aromatic rings. The zero-order valence-electron chi connectivity index (χ0n) is 14.6. The molecule has 0 aliphatic carbocycles. The summed E-state index contributed by atoms with van der Waals surface area (Å²) in [7, 11) is 4.52. The summed E-state index contributed by atoms with van der Waals surface area (Å²) in [6.45, 7) is -0.374. The van der Waals surface area contributed by atoms with E-state index >= 15 is 0 Å². The predicted octanol–water partition coefficient (Wildman–Crippen LogP) is 2.38. The zero-order chi connectivity index (χ0) is 18.9. The lowest BCUT2D eigenvalue weighted by atomic mass is 10.2. The molecule has 0 unspecified atom stereocenters. The third-order valence-electron chi connectivity index (χ3n) is 3.32. The van der Waals surface area contributed by atoms with Crippen molar-refractivity contribution in [3.05, 3.63) is 47.8 Å². The molecule has 8 heteroatoms. The number of carbonyl (C=O) groups excluding carboxylic acids is 1. The van der Waals surface area contributed by atoms with Gasteiger partial charge in [0.1, 0.15) is 5.75 Å². The van der Waals surface area contributed by atoms with Gasteiger partial charge in [0, 0.05) is 11.6 Å². The number of amides is 1. The van der Waals surface area contributed by atoms with Crippen LogP contribution in [0.3, 0.4) is 0 Å². The van der Waals surface area contributed by atoms with E-state index in [0.717, 1.165) is 0 Å². The number of hydrazone groups is 1. The Kier molecular flexibility index (Phi) is 6.78. The van der Waals surface area contributed by atoms with Crippen LogP contribution in [0.5, 0.6) is 23.0 Å². The second-order valence-corrected chi connectivity index (χ2v) is 4.96. The van der Waals surface area contributed by atoms with Gasteiger partial charge in [-0.05, 0) is 18.2 Å². The van der Waals surface area contributed by atoms with Crippen LogP contribution in [0.15, 0.2) is 41.5 Å². The molecule has 0 saturated carbocycles. The van der Waals surface area contributed by atoms with Crippen molar-refractivity contribution in [1.82, 2.24) is 5.43 Å². The van der Waals surface area contributed by atoms with E-state index in [1.807, 2.05) is 0 Å². The molecule has 0 atom stereocenters. The molecule has 0 spiro atoms. The molecule has 138 valence electrons. The lowest BCUT2D eigenvalue weighted by Gasteiger charge is -2.11. The molecular formula is C18H19FN2O5. The summed E-state index contributed by atoms with van der Waals surface area (Å²) < 4.78 is 34.2. The third-order valence-corrected chi connectivity index (χ3v) is 3.32. The van der Waals surface area contributed by atoms with Crippen LogP contribution in [0.1, 0.15) is 5.56 Å². The Morgan fingerprint density at radius 1 is 1.04 bits per heavy atom. The molecule has 0 heterocycles. The van der Waals surface area contributed by atoms with Gasteiger partial charge in [0.2, 0.25) is 0 Å². The van der Waals surface area contributed by atoms with E-state index in [1.54, 1.807) is 18.2 Å². The Hall–Kier alpha value is -3.29. The van der Waals surface area contributed by atoms with Crippen molar-refractivity contribution in [1.29, 1.82) is 0 Å². The number of nitrogens with zero attached hydrogens (tertiary/aromatic N) is 1. The minimum atomic E-state index is -0.543. The van der Waals surface area contributed by atoms with Gasteiger partial charge in [-0.25, -0.2) is 9.82 Å². The maximum Gasteiger partial charge on any atom is 0.277 e. The fourth-order valence-electron chi connectivity index (χ4n) is 2.06. The van der Waals surface area contributed by atoms with Crippen molar-refractivity contribution in [2.45, 2.75) is 0 Å². The van der Waals surface area contributed by atoms with E-state index in [1.165, 1.54) is 45.7 Å². The molecule has 1 amide bonds. The molecule has 2 aromatic carbocycles. The van der Waals surface area contributed by atoms with Crippen LogP contribution in [0, 0.1) is 5.82 Å². The van der Waals surface area contributed by atoms with E-state index in [-0.39, 0.29) is 12.4 Å². The van der Waals surface area contributed by atoms with Crippen LogP contribution >= 0.6 is 0 Å². The minimum absolute atomic E-state index is 0.00631. The molecule has 2 rings (SSSR count). The smallest absolute Gasteiger partial charge is 0.277 e. The number of benzene rings is 2. The first-order chi connectivity index (χ1) is 12.6. The highest BCUT2D eigenvalue weighted by molar-refractivity contribution is 5.86. The number of hydrogen-bond acceptors (Lipinski definition) is 6. The fourth-order valence-corrected chi connectivity index (χ4v) is 2.06. The molecular weight excluding hydrogens is 343 g/mol. The van der Waals surface area contributed by atoms with Crippen LogP contribution < -0.4 is 24.4 Å². The van der Waals surface area contributed by atoms with Gasteiger partial charge in [0.25, 0.3) is 5.91 Å². The van der Waals surface area contributed by atoms with Crippen molar-refractivity contribution in [3.8, 4) is 23.0 Å². The summed E-state index contributed by atoms with van der Waals surface area (Å²) in [5.41, 5.74) is 2.86. The second kappa shape index (κ2) is 9.26. The Morgan fingerprint density at radius 2 is 1.69 bits per heavy atom. The number of carbonyl (C=O) groups is 1. The summed E-state index contributed by atoms with van der Waals surface area (Å²) in [6.07, 6.45) is 1.39. The van der Waals surface area contributed by atoms with Gasteiger partial charge in [-0.1, -0.05) is 12.1 Å².